The van der Waals surface area contributed by atoms with Gasteiger partial charge in [0.15, 0.2) is 0 Å². The lowest BCUT2D eigenvalue weighted by Gasteiger charge is -2.23. The topological polar surface area (TPSA) is 15.3 Å². The summed E-state index contributed by atoms with van der Waals surface area (Å²) in [4.78, 5) is 2.43. The number of thioether (sulfide) groups is 1. The van der Waals surface area contributed by atoms with Crippen molar-refractivity contribution in [3.8, 4) is 0 Å². The van der Waals surface area contributed by atoms with Gasteiger partial charge in [-0.05, 0) is 71.2 Å². The molecule has 0 aliphatic carbocycles. The van der Waals surface area contributed by atoms with E-state index in [1.54, 1.807) is 0 Å². The first kappa shape index (κ1) is 14.3. The molecular formula is C13H28N2S. The molecule has 96 valence electrons. The van der Waals surface area contributed by atoms with E-state index < -0.39 is 0 Å². The first-order valence-corrected chi connectivity index (χ1v) is 7.87. The smallest absolute Gasteiger partial charge is 0.00827 e. The van der Waals surface area contributed by atoms with E-state index in [0.29, 0.717) is 6.04 Å². The van der Waals surface area contributed by atoms with Crippen molar-refractivity contribution in [2.75, 3.05) is 31.6 Å². The Bertz CT molecular complexity index is 167. The van der Waals surface area contributed by atoms with E-state index in [-0.39, 0.29) is 0 Å². The van der Waals surface area contributed by atoms with E-state index >= 15 is 0 Å². The first-order valence-electron chi connectivity index (χ1n) is 6.71. The normalized spacial score (nSPS) is 18.6. The fourth-order valence-electron chi connectivity index (χ4n) is 1.95. The lowest BCUT2D eigenvalue weighted by molar-refractivity contribution is 0.267. The maximum Gasteiger partial charge on any atom is 0.00827 e. The number of hydrogen-bond donors (Lipinski definition) is 1. The van der Waals surface area contributed by atoms with E-state index in [1.165, 1.54) is 50.3 Å². The predicted octanol–water partition coefficient (Wildman–Crippen LogP) is 2.59. The van der Waals surface area contributed by atoms with Crippen molar-refractivity contribution in [2.24, 2.45) is 0 Å². The second kappa shape index (κ2) is 8.37. The molecule has 2 nitrogen and oxygen atoms in total. The lowest BCUT2D eigenvalue weighted by Crippen LogP contribution is -2.33. The molecule has 1 aliphatic rings. The second-order valence-corrected chi connectivity index (χ2v) is 6.35. The van der Waals surface area contributed by atoms with Crippen LogP contribution in [0.2, 0.25) is 0 Å². The van der Waals surface area contributed by atoms with E-state index in [4.69, 9.17) is 0 Å². The van der Waals surface area contributed by atoms with Crippen molar-refractivity contribution in [1.82, 2.24) is 10.2 Å². The van der Waals surface area contributed by atoms with Gasteiger partial charge in [0.05, 0.1) is 0 Å². The van der Waals surface area contributed by atoms with Crippen LogP contribution < -0.4 is 5.32 Å². The Morgan fingerprint density at radius 1 is 1.25 bits per heavy atom. The summed E-state index contributed by atoms with van der Waals surface area (Å²) < 4.78 is 0. The van der Waals surface area contributed by atoms with Crippen molar-refractivity contribution in [3.63, 3.8) is 0 Å². The molecule has 1 aliphatic heterocycles. The van der Waals surface area contributed by atoms with Gasteiger partial charge in [-0.1, -0.05) is 0 Å². The third kappa shape index (κ3) is 6.12. The second-order valence-electron chi connectivity index (χ2n) is 5.12. The maximum absolute atomic E-state index is 3.69. The van der Waals surface area contributed by atoms with Crippen LogP contribution in [0.25, 0.3) is 0 Å². The summed E-state index contributed by atoms with van der Waals surface area (Å²) >= 11 is 2.10. The minimum atomic E-state index is 0.684. The summed E-state index contributed by atoms with van der Waals surface area (Å²) in [6.07, 6.45) is 5.39. The highest BCUT2D eigenvalue weighted by atomic mass is 32.2. The molecule has 0 aromatic carbocycles. The Morgan fingerprint density at radius 2 is 1.94 bits per heavy atom. The monoisotopic (exact) mass is 244 g/mol. The molecule has 1 heterocycles. The Balaban J connectivity index is 1.91. The van der Waals surface area contributed by atoms with Crippen LogP contribution in [0.1, 0.15) is 39.5 Å². The summed E-state index contributed by atoms with van der Waals surface area (Å²) in [5.41, 5.74) is 0. The molecule has 0 aromatic heterocycles. The van der Waals surface area contributed by atoms with Gasteiger partial charge in [0.2, 0.25) is 0 Å². The minimum Gasteiger partial charge on any atom is -0.314 e. The Morgan fingerprint density at radius 3 is 2.56 bits per heavy atom. The quantitative estimate of drug-likeness (QED) is 0.693. The third-order valence-electron chi connectivity index (χ3n) is 3.47. The molecular weight excluding hydrogens is 216 g/mol. The molecule has 0 radical (unpaired) electrons. The molecule has 0 amide bonds. The summed E-state index contributed by atoms with van der Waals surface area (Å²) in [5, 5.41) is 3.69. The van der Waals surface area contributed by atoms with E-state index in [2.05, 4.69) is 42.9 Å². The summed E-state index contributed by atoms with van der Waals surface area (Å²) in [7, 11) is 2.22. The molecule has 16 heavy (non-hydrogen) atoms. The molecule has 1 rings (SSSR count). The van der Waals surface area contributed by atoms with Crippen LogP contribution in [0.3, 0.4) is 0 Å². The number of unbranched alkanes of at least 4 members (excludes halogenated alkanes) is 1. The zero-order valence-electron chi connectivity index (χ0n) is 11.2. The number of hydrogen-bond acceptors (Lipinski definition) is 3. The van der Waals surface area contributed by atoms with E-state index in [9.17, 15) is 0 Å². The lowest BCUT2D eigenvalue weighted by atomic mass is 10.1. The van der Waals surface area contributed by atoms with Crippen molar-refractivity contribution in [3.05, 3.63) is 0 Å². The molecule has 0 bridgehead atoms. The van der Waals surface area contributed by atoms with Gasteiger partial charge >= 0.3 is 0 Å². The molecule has 1 saturated heterocycles. The van der Waals surface area contributed by atoms with Crippen LogP contribution >= 0.6 is 11.8 Å². The molecule has 0 atom stereocenters. The highest BCUT2D eigenvalue weighted by Gasteiger charge is 2.12. The Labute approximate surface area is 106 Å². The van der Waals surface area contributed by atoms with Gasteiger partial charge in [-0.3, -0.25) is 0 Å². The van der Waals surface area contributed by atoms with Crippen molar-refractivity contribution < 1.29 is 0 Å². The predicted molar refractivity (Wildman–Crippen MR) is 75.3 cm³/mol. The van der Waals surface area contributed by atoms with E-state index in [1.807, 2.05) is 0 Å². The van der Waals surface area contributed by atoms with Gasteiger partial charge in [-0.15, -0.1) is 0 Å². The summed E-state index contributed by atoms with van der Waals surface area (Å²) in [6, 6.07) is 1.49. The molecule has 1 fully saturated rings. The van der Waals surface area contributed by atoms with Gasteiger partial charge < -0.3 is 10.2 Å². The first-order chi connectivity index (χ1) is 7.70. The van der Waals surface area contributed by atoms with Crippen LogP contribution in [0, 0.1) is 0 Å². The molecule has 0 spiro atoms. The number of nitrogens with one attached hydrogen (secondary N) is 1. The molecule has 0 saturated carbocycles. The van der Waals surface area contributed by atoms with Crippen LogP contribution in [-0.2, 0) is 0 Å². The number of rotatable bonds is 7. The van der Waals surface area contributed by atoms with Crippen LogP contribution in [0.4, 0.5) is 0 Å². The van der Waals surface area contributed by atoms with Crippen molar-refractivity contribution in [2.45, 2.75) is 51.6 Å². The van der Waals surface area contributed by atoms with Crippen LogP contribution in [-0.4, -0.2) is 48.6 Å². The van der Waals surface area contributed by atoms with Crippen molar-refractivity contribution in [1.29, 1.82) is 0 Å². The highest BCUT2D eigenvalue weighted by molar-refractivity contribution is 7.99. The third-order valence-corrected chi connectivity index (χ3v) is 4.52. The summed E-state index contributed by atoms with van der Waals surface area (Å²) in [5.74, 6) is 2.71. The zero-order valence-corrected chi connectivity index (χ0v) is 12.0. The fourth-order valence-corrected chi connectivity index (χ4v) is 3.06. The highest BCUT2D eigenvalue weighted by Crippen LogP contribution is 2.16. The average molecular weight is 244 g/mol. The van der Waals surface area contributed by atoms with Gasteiger partial charge in [0.25, 0.3) is 0 Å². The standard InChI is InChI=1S/C13H28N2S/c1-12(2)15(3)9-5-4-8-14-13-6-10-16-11-7-13/h12-14H,4-11H2,1-3H3. The molecule has 0 aromatic rings. The summed E-state index contributed by atoms with van der Waals surface area (Å²) in [6.45, 7) is 6.97. The van der Waals surface area contributed by atoms with Gasteiger partial charge in [-0.2, -0.15) is 11.8 Å². The van der Waals surface area contributed by atoms with Gasteiger partial charge in [-0.25, -0.2) is 0 Å². The fraction of sp³-hybridized carbons (Fsp3) is 1.00. The molecule has 1 N–H and O–H groups in total. The zero-order chi connectivity index (χ0) is 11.8. The average Bonchev–Trinajstić information content (AvgIpc) is 2.29. The number of nitrogens with zero attached hydrogens (tertiary/aromatic N) is 1. The van der Waals surface area contributed by atoms with Gasteiger partial charge in [0.1, 0.15) is 0 Å². The van der Waals surface area contributed by atoms with Crippen LogP contribution in [0.15, 0.2) is 0 Å². The molecule has 0 unspecified atom stereocenters. The Hall–Kier alpha value is 0.270. The minimum absolute atomic E-state index is 0.684. The van der Waals surface area contributed by atoms with E-state index in [0.717, 1.165) is 6.04 Å². The molecule has 3 heteroatoms. The van der Waals surface area contributed by atoms with Crippen LogP contribution in [0.5, 0.6) is 0 Å². The SMILES string of the molecule is CC(C)N(C)CCCCNC1CCSCC1. The maximum atomic E-state index is 3.69. The van der Waals surface area contributed by atoms with Crippen molar-refractivity contribution >= 4 is 11.8 Å². The largest absolute Gasteiger partial charge is 0.314 e. The Kier molecular flexibility index (Phi) is 7.50. The van der Waals surface area contributed by atoms with Gasteiger partial charge in [0, 0.05) is 12.1 Å².